The zero-order chi connectivity index (χ0) is 14.7. The second-order valence-electron chi connectivity index (χ2n) is 5.20. The van der Waals surface area contributed by atoms with Crippen LogP contribution in [0.25, 0.3) is 0 Å². The lowest BCUT2D eigenvalue weighted by molar-refractivity contribution is -0.126. The number of hydrogen-bond donors (Lipinski definition) is 2. The van der Waals surface area contributed by atoms with Crippen molar-refractivity contribution < 1.29 is 9.59 Å². The van der Waals surface area contributed by atoms with E-state index in [1.54, 1.807) is 4.90 Å². The van der Waals surface area contributed by atoms with Crippen LogP contribution in [0.4, 0.5) is 5.69 Å². The Hall–Kier alpha value is -1.59. The fourth-order valence-corrected chi connectivity index (χ4v) is 2.48. The molecule has 2 rings (SSSR count). The molecular formula is C15H22ClN3O2. The van der Waals surface area contributed by atoms with Crippen LogP contribution in [0.5, 0.6) is 0 Å². The minimum absolute atomic E-state index is 0. The number of aryl methyl sites for hydroxylation is 1. The molecule has 1 saturated heterocycles. The fourth-order valence-electron chi connectivity index (χ4n) is 2.48. The SMILES string of the molecule is Cc1cccc(N2CC(C(=O)NCCN)CC2=O)c1C.Cl. The molecular weight excluding hydrogens is 290 g/mol. The summed E-state index contributed by atoms with van der Waals surface area (Å²) < 4.78 is 0. The number of halogens is 1. The average molecular weight is 312 g/mol. The third-order valence-corrected chi connectivity index (χ3v) is 3.81. The first-order chi connectivity index (χ1) is 9.54. The summed E-state index contributed by atoms with van der Waals surface area (Å²) in [7, 11) is 0. The number of carbonyl (C=O) groups is 2. The third kappa shape index (κ3) is 3.74. The van der Waals surface area contributed by atoms with E-state index >= 15 is 0 Å². The molecule has 1 aromatic rings. The van der Waals surface area contributed by atoms with Gasteiger partial charge in [0.25, 0.3) is 0 Å². The van der Waals surface area contributed by atoms with Gasteiger partial charge in [-0.1, -0.05) is 12.1 Å². The molecule has 5 nitrogen and oxygen atoms in total. The second-order valence-corrected chi connectivity index (χ2v) is 5.20. The Balaban J connectivity index is 0.00000220. The number of amides is 2. The molecule has 0 aliphatic carbocycles. The number of rotatable bonds is 4. The van der Waals surface area contributed by atoms with Crippen LogP contribution in [0.1, 0.15) is 17.5 Å². The molecule has 3 N–H and O–H groups in total. The van der Waals surface area contributed by atoms with Crippen LogP contribution < -0.4 is 16.0 Å². The summed E-state index contributed by atoms with van der Waals surface area (Å²) in [5, 5.41) is 2.75. The molecule has 1 heterocycles. The Kier molecular flexibility index (Phi) is 6.18. The van der Waals surface area contributed by atoms with Crippen molar-refractivity contribution in [1.82, 2.24) is 5.32 Å². The van der Waals surface area contributed by atoms with E-state index in [1.165, 1.54) is 0 Å². The summed E-state index contributed by atoms with van der Waals surface area (Å²) in [5.74, 6) is -0.364. The van der Waals surface area contributed by atoms with Gasteiger partial charge in [-0.05, 0) is 31.0 Å². The van der Waals surface area contributed by atoms with Crippen LogP contribution in [0, 0.1) is 19.8 Å². The quantitative estimate of drug-likeness (QED) is 0.876. The molecule has 1 fully saturated rings. The van der Waals surface area contributed by atoms with Crippen molar-refractivity contribution in [3.63, 3.8) is 0 Å². The standard InChI is InChI=1S/C15H21N3O2.ClH/c1-10-4-3-5-13(11(10)2)18-9-12(8-14(18)19)15(20)17-7-6-16;/h3-5,12H,6-9,16H2,1-2H3,(H,17,20);1H. The highest BCUT2D eigenvalue weighted by atomic mass is 35.5. The number of nitrogens with zero attached hydrogens (tertiary/aromatic N) is 1. The van der Waals surface area contributed by atoms with E-state index in [2.05, 4.69) is 5.32 Å². The number of anilines is 1. The first-order valence-electron chi connectivity index (χ1n) is 6.89. The number of hydrogen-bond acceptors (Lipinski definition) is 3. The average Bonchev–Trinajstić information content (AvgIpc) is 2.81. The maximum atomic E-state index is 12.1. The van der Waals surface area contributed by atoms with E-state index in [0.29, 0.717) is 19.6 Å². The highest BCUT2D eigenvalue weighted by Crippen LogP contribution is 2.29. The highest BCUT2D eigenvalue weighted by Gasteiger charge is 2.35. The van der Waals surface area contributed by atoms with Gasteiger partial charge in [-0.2, -0.15) is 0 Å². The van der Waals surface area contributed by atoms with Crippen molar-refractivity contribution >= 4 is 29.9 Å². The second kappa shape index (κ2) is 7.43. The van der Waals surface area contributed by atoms with Crippen LogP contribution in [0.2, 0.25) is 0 Å². The third-order valence-electron chi connectivity index (χ3n) is 3.81. The lowest BCUT2D eigenvalue weighted by atomic mass is 10.1. The van der Waals surface area contributed by atoms with Crippen LogP contribution in [-0.4, -0.2) is 31.4 Å². The Morgan fingerprint density at radius 2 is 2.14 bits per heavy atom. The Bertz CT molecular complexity index is 534. The molecule has 1 aromatic carbocycles. The molecule has 0 saturated carbocycles. The number of benzene rings is 1. The number of nitrogens with one attached hydrogen (secondary N) is 1. The van der Waals surface area contributed by atoms with Gasteiger partial charge in [0.05, 0.1) is 5.92 Å². The molecule has 1 aliphatic heterocycles. The van der Waals surface area contributed by atoms with Gasteiger partial charge < -0.3 is 16.0 Å². The van der Waals surface area contributed by atoms with Gasteiger partial charge in [0.2, 0.25) is 11.8 Å². The summed E-state index contributed by atoms with van der Waals surface area (Å²) in [6.45, 7) is 5.32. The van der Waals surface area contributed by atoms with Gasteiger partial charge in [-0.15, -0.1) is 12.4 Å². The molecule has 21 heavy (non-hydrogen) atoms. The molecule has 0 spiro atoms. The lowest BCUT2D eigenvalue weighted by Crippen LogP contribution is -2.35. The van der Waals surface area contributed by atoms with Crippen molar-refractivity contribution in [2.45, 2.75) is 20.3 Å². The maximum Gasteiger partial charge on any atom is 0.227 e. The van der Waals surface area contributed by atoms with Crippen molar-refractivity contribution in [3.05, 3.63) is 29.3 Å². The first-order valence-corrected chi connectivity index (χ1v) is 6.89. The molecule has 1 atom stereocenters. The fraction of sp³-hybridized carbons (Fsp3) is 0.467. The number of carbonyl (C=O) groups excluding carboxylic acids is 2. The summed E-state index contributed by atoms with van der Waals surface area (Å²) in [5.41, 5.74) is 8.50. The van der Waals surface area contributed by atoms with Gasteiger partial charge in [-0.25, -0.2) is 0 Å². The van der Waals surface area contributed by atoms with E-state index in [4.69, 9.17) is 5.73 Å². The molecule has 0 radical (unpaired) electrons. The van der Waals surface area contributed by atoms with Gasteiger partial charge in [0, 0.05) is 31.7 Å². The predicted octanol–water partition coefficient (Wildman–Crippen LogP) is 1.15. The zero-order valence-electron chi connectivity index (χ0n) is 12.4. The highest BCUT2D eigenvalue weighted by molar-refractivity contribution is 6.00. The van der Waals surface area contributed by atoms with Crippen molar-refractivity contribution in [3.8, 4) is 0 Å². The van der Waals surface area contributed by atoms with Crippen molar-refractivity contribution in [1.29, 1.82) is 0 Å². The van der Waals surface area contributed by atoms with E-state index in [1.807, 2.05) is 32.0 Å². The van der Waals surface area contributed by atoms with Crippen LogP contribution in [-0.2, 0) is 9.59 Å². The molecule has 2 amide bonds. The molecule has 0 aromatic heterocycles. The molecule has 0 bridgehead atoms. The minimum Gasteiger partial charge on any atom is -0.355 e. The summed E-state index contributed by atoms with van der Waals surface area (Å²) >= 11 is 0. The van der Waals surface area contributed by atoms with Crippen LogP contribution >= 0.6 is 12.4 Å². The van der Waals surface area contributed by atoms with Gasteiger partial charge in [0.15, 0.2) is 0 Å². The van der Waals surface area contributed by atoms with Crippen molar-refractivity contribution in [2.24, 2.45) is 11.7 Å². The largest absolute Gasteiger partial charge is 0.355 e. The normalized spacial score (nSPS) is 17.6. The Morgan fingerprint density at radius 1 is 1.43 bits per heavy atom. The molecule has 6 heteroatoms. The van der Waals surface area contributed by atoms with E-state index < -0.39 is 0 Å². The van der Waals surface area contributed by atoms with Crippen LogP contribution in [0.3, 0.4) is 0 Å². The summed E-state index contributed by atoms with van der Waals surface area (Å²) in [4.78, 5) is 25.8. The van der Waals surface area contributed by atoms with E-state index in [0.717, 1.165) is 16.8 Å². The van der Waals surface area contributed by atoms with E-state index in [-0.39, 0.29) is 36.6 Å². The van der Waals surface area contributed by atoms with Gasteiger partial charge in [0.1, 0.15) is 0 Å². The summed E-state index contributed by atoms with van der Waals surface area (Å²) in [6, 6.07) is 5.89. The molecule has 116 valence electrons. The zero-order valence-corrected chi connectivity index (χ0v) is 13.2. The summed E-state index contributed by atoms with van der Waals surface area (Å²) in [6.07, 6.45) is 0.268. The van der Waals surface area contributed by atoms with Gasteiger partial charge >= 0.3 is 0 Å². The Labute approximate surface area is 131 Å². The van der Waals surface area contributed by atoms with Crippen LogP contribution in [0.15, 0.2) is 18.2 Å². The van der Waals surface area contributed by atoms with E-state index in [9.17, 15) is 9.59 Å². The smallest absolute Gasteiger partial charge is 0.227 e. The number of nitrogens with two attached hydrogens (primary N) is 1. The van der Waals surface area contributed by atoms with Crippen molar-refractivity contribution in [2.75, 3.05) is 24.5 Å². The predicted molar refractivity (Wildman–Crippen MR) is 85.7 cm³/mol. The molecule has 1 aliphatic rings. The lowest BCUT2D eigenvalue weighted by Gasteiger charge is -2.20. The Morgan fingerprint density at radius 3 is 2.81 bits per heavy atom. The first kappa shape index (κ1) is 17.5. The minimum atomic E-state index is -0.283. The maximum absolute atomic E-state index is 12.1. The molecule has 1 unspecified atom stereocenters. The topological polar surface area (TPSA) is 75.4 Å². The monoisotopic (exact) mass is 311 g/mol. The van der Waals surface area contributed by atoms with Gasteiger partial charge in [-0.3, -0.25) is 9.59 Å².